The standard InChI is InChI=1S/C13H21NO4/c1-4-5-6-7-16-8-9-17-12(3)18-13(15)11(2)10-14/h12H,2,4-9H2,1,3H3. The Morgan fingerprint density at radius 1 is 1.33 bits per heavy atom. The molecule has 5 heteroatoms. The number of ether oxygens (including phenoxy) is 3. The maximum atomic E-state index is 11.1. The lowest BCUT2D eigenvalue weighted by atomic mass is 10.3. The van der Waals surface area contributed by atoms with Gasteiger partial charge in [0.2, 0.25) is 6.29 Å². The first kappa shape index (κ1) is 16.6. The molecule has 0 fully saturated rings. The Bertz CT molecular complexity index is 296. The summed E-state index contributed by atoms with van der Waals surface area (Å²) < 4.78 is 15.3. The number of hydrogen-bond acceptors (Lipinski definition) is 5. The van der Waals surface area contributed by atoms with Crippen LogP contribution in [0.3, 0.4) is 0 Å². The van der Waals surface area contributed by atoms with Gasteiger partial charge in [0.05, 0.1) is 13.2 Å². The van der Waals surface area contributed by atoms with Crippen molar-refractivity contribution in [3.8, 4) is 6.07 Å². The van der Waals surface area contributed by atoms with Gasteiger partial charge in [0.1, 0.15) is 11.6 Å². The Hall–Kier alpha value is -1.38. The van der Waals surface area contributed by atoms with Crippen molar-refractivity contribution >= 4 is 5.97 Å². The van der Waals surface area contributed by atoms with Crippen molar-refractivity contribution in [2.75, 3.05) is 19.8 Å². The molecular formula is C13H21NO4. The largest absolute Gasteiger partial charge is 0.432 e. The number of unbranched alkanes of at least 4 members (excludes halogenated alkanes) is 2. The fourth-order valence-corrected chi connectivity index (χ4v) is 1.13. The molecule has 0 bridgehead atoms. The van der Waals surface area contributed by atoms with E-state index >= 15 is 0 Å². The van der Waals surface area contributed by atoms with Crippen molar-refractivity contribution in [3.05, 3.63) is 12.2 Å². The molecule has 1 atom stereocenters. The highest BCUT2D eigenvalue weighted by atomic mass is 16.7. The zero-order chi connectivity index (χ0) is 13.8. The van der Waals surface area contributed by atoms with E-state index in [-0.39, 0.29) is 5.57 Å². The molecule has 0 spiro atoms. The molecule has 1 unspecified atom stereocenters. The summed E-state index contributed by atoms with van der Waals surface area (Å²) >= 11 is 0. The van der Waals surface area contributed by atoms with Crippen LogP contribution >= 0.6 is 0 Å². The highest BCUT2D eigenvalue weighted by Gasteiger charge is 2.12. The van der Waals surface area contributed by atoms with E-state index in [1.54, 1.807) is 13.0 Å². The average molecular weight is 255 g/mol. The molecule has 0 saturated heterocycles. The minimum Gasteiger partial charge on any atom is -0.432 e. The molecule has 0 heterocycles. The summed E-state index contributed by atoms with van der Waals surface area (Å²) in [6.45, 7) is 8.49. The first-order valence-corrected chi connectivity index (χ1v) is 6.11. The molecule has 0 aromatic carbocycles. The zero-order valence-corrected chi connectivity index (χ0v) is 11.1. The van der Waals surface area contributed by atoms with Gasteiger partial charge in [0.15, 0.2) is 0 Å². The molecule has 0 aliphatic heterocycles. The minimum absolute atomic E-state index is 0.235. The van der Waals surface area contributed by atoms with Gasteiger partial charge in [-0.3, -0.25) is 0 Å². The molecule has 0 rings (SSSR count). The minimum atomic E-state index is -0.756. The average Bonchev–Trinajstić information content (AvgIpc) is 2.36. The molecule has 102 valence electrons. The Morgan fingerprint density at radius 2 is 2.06 bits per heavy atom. The highest BCUT2D eigenvalue weighted by Crippen LogP contribution is 2.00. The number of carbonyl (C=O) groups is 1. The highest BCUT2D eigenvalue weighted by molar-refractivity contribution is 5.91. The van der Waals surface area contributed by atoms with Crippen molar-refractivity contribution in [2.24, 2.45) is 0 Å². The van der Waals surface area contributed by atoms with Crippen LogP contribution < -0.4 is 0 Å². The van der Waals surface area contributed by atoms with Gasteiger partial charge >= 0.3 is 5.97 Å². The normalized spacial score (nSPS) is 11.6. The van der Waals surface area contributed by atoms with E-state index in [4.69, 9.17) is 19.5 Å². The number of nitrogens with zero attached hydrogens (tertiary/aromatic N) is 1. The summed E-state index contributed by atoms with van der Waals surface area (Å²) in [6, 6.07) is 1.62. The molecule has 0 aliphatic carbocycles. The van der Waals surface area contributed by atoms with Crippen LogP contribution in [0.4, 0.5) is 0 Å². The predicted octanol–water partition coefficient (Wildman–Crippen LogP) is 2.18. The molecule has 0 saturated carbocycles. The monoisotopic (exact) mass is 255 g/mol. The Balaban J connectivity index is 3.48. The lowest BCUT2D eigenvalue weighted by Gasteiger charge is -2.13. The molecule has 5 nitrogen and oxygen atoms in total. The van der Waals surface area contributed by atoms with Gasteiger partial charge < -0.3 is 14.2 Å². The number of rotatable bonds is 10. The molecule has 0 aliphatic rings. The van der Waals surface area contributed by atoms with Crippen molar-refractivity contribution in [1.29, 1.82) is 5.26 Å². The molecule has 0 radical (unpaired) electrons. The smallest absolute Gasteiger partial charge is 0.350 e. The van der Waals surface area contributed by atoms with Crippen LogP contribution in [0.2, 0.25) is 0 Å². The number of carbonyl (C=O) groups excluding carboxylic acids is 1. The summed E-state index contributed by atoms with van der Waals surface area (Å²) in [6.07, 6.45) is 2.66. The molecule has 0 aromatic rings. The van der Waals surface area contributed by atoms with Crippen LogP contribution in [0, 0.1) is 11.3 Å². The van der Waals surface area contributed by atoms with Crippen molar-refractivity contribution in [2.45, 2.75) is 39.4 Å². The molecule has 0 aromatic heterocycles. The van der Waals surface area contributed by atoms with E-state index in [1.165, 1.54) is 0 Å². The van der Waals surface area contributed by atoms with E-state index in [2.05, 4.69) is 13.5 Å². The summed E-state index contributed by atoms with van der Waals surface area (Å²) in [5.74, 6) is -0.756. The quantitative estimate of drug-likeness (QED) is 0.197. The lowest BCUT2D eigenvalue weighted by Crippen LogP contribution is -2.20. The number of nitriles is 1. The van der Waals surface area contributed by atoms with Crippen molar-refractivity contribution < 1.29 is 19.0 Å². The number of hydrogen-bond donors (Lipinski definition) is 0. The van der Waals surface area contributed by atoms with Gasteiger partial charge in [-0.25, -0.2) is 4.79 Å². The van der Waals surface area contributed by atoms with Crippen molar-refractivity contribution in [1.82, 2.24) is 0 Å². The molecule has 0 N–H and O–H groups in total. The van der Waals surface area contributed by atoms with Crippen LogP contribution in [0.25, 0.3) is 0 Å². The van der Waals surface area contributed by atoms with Gasteiger partial charge in [-0.2, -0.15) is 5.26 Å². The first-order chi connectivity index (χ1) is 8.61. The third-order valence-electron chi connectivity index (χ3n) is 2.13. The van der Waals surface area contributed by atoms with E-state index < -0.39 is 12.3 Å². The SMILES string of the molecule is C=C(C#N)C(=O)OC(C)OCCOCCCCC. The van der Waals surface area contributed by atoms with Gasteiger partial charge in [-0.15, -0.1) is 0 Å². The van der Waals surface area contributed by atoms with E-state index in [1.807, 2.05) is 0 Å². The van der Waals surface area contributed by atoms with Crippen LogP contribution in [0.5, 0.6) is 0 Å². The first-order valence-electron chi connectivity index (χ1n) is 6.11. The third-order valence-corrected chi connectivity index (χ3v) is 2.13. The summed E-state index contributed by atoms with van der Waals surface area (Å²) in [5, 5.41) is 8.42. The second-order valence-corrected chi connectivity index (χ2v) is 3.75. The Kier molecular flexibility index (Phi) is 9.93. The van der Waals surface area contributed by atoms with Crippen LogP contribution in [0.1, 0.15) is 33.1 Å². The van der Waals surface area contributed by atoms with E-state index in [9.17, 15) is 4.79 Å². The van der Waals surface area contributed by atoms with Gasteiger partial charge in [0.25, 0.3) is 0 Å². The van der Waals surface area contributed by atoms with E-state index in [0.29, 0.717) is 13.2 Å². The van der Waals surface area contributed by atoms with Crippen LogP contribution in [-0.4, -0.2) is 32.1 Å². The molecular weight excluding hydrogens is 234 g/mol. The summed E-state index contributed by atoms with van der Waals surface area (Å²) in [4.78, 5) is 11.1. The fourth-order valence-electron chi connectivity index (χ4n) is 1.13. The maximum absolute atomic E-state index is 11.1. The Morgan fingerprint density at radius 3 is 2.67 bits per heavy atom. The van der Waals surface area contributed by atoms with Crippen molar-refractivity contribution in [3.63, 3.8) is 0 Å². The third kappa shape index (κ3) is 8.74. The van der Waals surface area contributed by atoms with Crippen LogP contribution in [0.15, 0.2) is 12.2 Å². The summed E-state index contributed by atoms with van der Waals surface area (Å²) in [7, 11) is 0. The van der Waals surface area contributed by atoms with Crippen LogP contribution in [-0.2, 0) is 19.0 Å². The summed E-state index contributed by atoms with van der Waals surface area (Å²) in [5.41, 5.74) is -0.235. The second kappa shape index (κ2) is 10.8. The van der Waals surface area contributed by atoms with Gasteiger partial charge in [0, 0.05) is 6.61 Å². The van der Waals surface area contributed by atoms with Gasteiger partial charge in [-0.05, 0) is 13.3 Å². The van der Waals surface area contributed by atoms with Gasteiger partial charge in [-0.1, -0.05) is 26.3 Å². The fraction of sp³-hybridized carbons (Fsp3) is 0.692. The predicted molar refractivity (Wildman–Crippen MR) is 66.6 cm³/mol. The topological polar surface area (TPSA) is 68.6 Å². The second-order valence-electron chi connectivity index (χ2n) is 3.75. The number of esters is 1. The molecule has 18 heavy (non-hydrogen) atoms. The Labute approximate surface area is 108 Å². The maximum Gasteiger partial charge on any atom is 0.350 e. The molecule has 0 amide bonds. The zero-order valence-electron chi connectivity index (χ0n) is 11.1. The lowest BCUT2D eigenvalue weighted by molar-refractivity contribution is -0.172. The van der Waals surface area contributed by atoms with E-state index in [0.717, 1.165) is 25.9 Å².